The number of rotatable bonds is 0. The van der Waals surface area contributed by atoms with E-state index in [0.29, 0.717) is 5.92 Å². The molecule has 0 bridgehead atoms. The van der Waals surface area contributed by atoms with Crippen molar-refractivity contribution in [2.45, 2.75) is 25.7 Å². The second-order valence-corrected chi connectivity index (χ2v) is 5.64. The van der Waals surface area contributed by atoms with Crippen molar-refractivity contribution in [1.82, 2.24) is 9.88 Å². The molecule has 4 heteroatoms. The van der Waals surface area contributed by atoms with Crippen molar-refractivity contribution in [1.29, 1.82) is 0 Å². The summed E-state index contributed by atoms with van der Waals surface area (Å²) in [6.07, 6.45) is 2.73. The number of H-pyrrole nitrogens is 1. The average molecular weight is 242 g/mol. The Morgan fingerprint density at radius 2 is 2.33 bits per heavy atom. The van der Waals surface area contributed by atoms with Crippen LogP contribution in [0.1, 0.15) is 35.1 Å². The minimum absolute atomic E-state index is 0.00229. The molecule has 92 valence electrons. The van der Waals surface area contributed by atoms with Crippen LogP contribution in [0.15, 0.2) is 17.8 Å². The summed E-state index contributed by atoms with van der Waals surface area (Å²) in [6.45, 7) is 4.30. The molecule has 0 aromatic carbocycles. The molecule has 1 saturated carbocycles. The van der Waals surface area contributed by atoms with Crippen LogP contribution in [0.3, 0.4) is 0 Å². The van der Waals surface area contributed by atoms with Crippen LogP contribution in [0.2, 0.25) is 0 Å². The van der Waals surface area contributed by atoms with E-state index in [-0.39, 0.29) is 17.1 Å². The molecule has 1 aliphatic heterocycles. The first-order valence-corrected chi connectivity index (χ1v) is 6.29. The highest BCUT2D eigenvalue weighted by molar-refractivity contribution is 6.08. The van der Waals surface area contributed by atoms with Gasteiger partial charge in [0.15, 0.2) is 0 Å². The van der Waals surface area contributed by atoms with Gasteiger partial charge in [-0.3, -0.25) is 9.59 Å². The Hall–Kier alpha value is -1.84. The molecule has 2 atom stereocenters. The third-order valence-corrected chi connectivity index (χ3v) is 4.58. The molecule has 1 N–H and O–H groups in total. The number of carbonyl (C=O) groups is 2. The summed E-state index contributed by atoms with van der Waals surface area (Å²) in [6, 6.07) is 2.07. The Bertz CT molecular complexity index is 640. The number of aromatic nitrogens is 1. The smallest absolute Gasteiger partial charge is 0.223 e. The van der Waals surface area contributed by atoms with Crippen molar-refractivity contribution >= 4 is 11.7 Å². The molecule has 2 aliphatic carbocycles. The van der Waals surface area contributed by atoms with Gasteiger partial charge in [0.2, 0.25) is 11.7 Å². The zero-order valence-corrected chi connectivity index (χ0v) is 10.4. The van der Waals surface area contributed by atoms with E-state index in [1.807, 2.05) is 6.92 Å². The lowest BCUT2D eigenvalue weighted by atomic mass is 9.85. The van der Waals surface area contributed by atoms with Crippen LogP contribution in [-0.2, 0) is 10.2 Å². The van der Waals surface area contributed by atoms with Crippen molar-refractivity contribution in [3.8, 4) is 0 Å². The molecule has 4 rings (SSSR count). The zero-order valence-electron chi connectivity index (χ0n) is 10.4. The van der Waals surface area contributed by atoms with Crippen molar-refractivity contribution in [2.75, 3.05) is 6.54 Å². The van der Waals surface area contributed by atoms with Crippen LogP contribution < -0.4 is 0 Å². The topological polar surface area (TPSA) is 53.2 Å². The first-order chi connectivity index (χ1) is 8.54. The number of fused-ring (bicyclic) bond motifs is 1. The first kappa shape index (κ1) is 10.1. The monoisotopic (exact) mass is 242 g/mol. The number of carbonyl (C=O) groups excluding carboxylic acids is 2. The largest absolute Gasteiger partial charge is 0.356 e. The van der Waals surface area contributed by atoms with E-state index < -0.39 is 0 Å². The molecule has 18 heavy (non-hydrogen) atoms. The highest BCUT2D eigenvalue weighted by Crippen LogP contribution is 2.66. The number of allylic oxidation sites excluding steroid dienone is 2. The summed E-state index contributed by atoms with van der Waals surface area (Å²) in [5.41, 5.74) is 3.74. The van der Waals surface area contributed by atoms with Crippen molar-refractivity contribution in [3.63, 3.8) is 0 Å². The molecule has 0 radical (unpaired) electrons. The number of nitrogens with zero attached hydrogens (tertiary/aromatic N) is 1. The van der Waals surface area contributed by atoms with Gasteiger partial charge < -0.3 is 9.88 Å². The van der Waals surface area contributed by atoms with Crippen LogP contribution in [0.25, 0.3) is 0 Å². The lowest BCUT2D eigenvalue weighted by Crippen LogP contribution is -2.31. The fourth-order valence-electron chi connectivity index (χ4n) is 3.73. The third-order valence-electron chi connectivity index (χ3n) is 4.58. The number of likely N-dealkylation sites (tertiary alicyclic amines) is 1. The first-order valence-electron chi connectivity index (χ1n) is 6.29. The minimum Gasteiger partial charge on any atom is -0.356 e. The van der Waals surface area contributed by atoms with Crippen LogP contribution in [-0.4, -0.2) is 28.1 Å². The number of nitrogens with one attached hydrogen (secondary N) is 1. The van der Waals surface area contributed by atoms with Gasteiger partial charge in [-0.15, -0.1) is 0 Å². The highest BCUT2D eigenvalue weighted by Gasteiger charge is 2.67. The molecule has 2 heterocycles. The molecular formula is C14H14N2O2. The highest BCUT2D eigenvalue weighted by atomic mass is 16.2. The number of aryl methyl sites for hydroxylation is 1. The predicted octanol–water partition coefficient (Wildman–Crippen LogP) is 1.52. The number of hydrogen-bond donors (Lipinski definition) is 1. The van der Waals surface area contributed by atoms with Gasteiger partial charge in [0.05, 0.1) is 5.69 Å². The average Bonchev–Trinajstić information content (AvgIpc) is 2.70. The third kappa shape index (κ3) is 0.937. The van der Waals surface area contributed by atoms with Crippen LogP contribution >= 0.6 is 0 Å². The van der Waals surface area contributed by atoms with E-state index in [1.54, 1.807) is 17.9 Å². The predicted molar refractivity (Wildman–Crippen MR) is 65.1 cm³/mol. The SMILES string of the molecule is CC(=O)N1C[C@H]2C[C@@]23C1=CC(=O)c1[nH]c(C)cc13. The summed E-state index contributed by atoms with van der Waals surface area (Å²) >= 11 is 0. The van der Waals surface area contributed by atoms with E-state index in [9.17, 15) is 9.59 Å². The molecule has 2 fully saturated rings. The van der Waals surface area contributed by atoms with E-state index in [1.165, 1.54) is 0 Å². The van der Waals surface area contributed by atoms with E-state index >= 15 is 0 Å². The Morgan fingerprint density at radius 3 is 3.06 bits per heavy atom. The maximum absolute atomic E-state index is 12.1. The van der Waals surface area contributed by atoms with Gasteiger partial charge >= 0.3 is 0 Å². The summed E-state index contributed by atoms with van der Waals surface area (Å²) in [4.78, 5) is 28.7. The van der Waals surface area contributed by atoms with E-state index in [2.05, 4.69) is 11.1 Å². The molecule has 1 aromatic heterocycles. The summed E-state index contributed by atoms with van der Waals surface area (Å²) < 4.78 is 0. The standard InChI is InChI=1S/C14H14N2O2/c1-7-3-10-13(15-7)11(18)4-12-14(10)5-9(14)6-16(12)8(2)17/h3-4,9,15H,5-6H2,1-2H3/t9-,14-/m1/s1. The van der Waals surface area contributed by atoms with E-state index in [4.69, 9.17) is 0 Å². The summed E-state index contributed by atoms with van der Waals surface area (Å²) in [5.74, 6) is 0.531. The van der Waals surface area contributed by atoms with Gasteiger partial charge in [-0.2, -0.15) is 0 Å². The van der Waals surface area contributed by atoms with Gasteiger partial charge in [-0.05, 0) is 30.9 Å². The Morgan fingerprint density at radius 1 is 1.56 bits per heavy atom. The number of ketones is 1. The Kier molecular flexibility index (Phi) is 1.55. The molecule has 1 saturated heterocycles. The Balaban J connectivity index is 1.94. The molecule has 3 aliphatic rings. The quantitative estimate of drug-likeness (QED) is 0.750. The van der Waals surface area contributed by atoms with Crippen molar-refractivity contribution in [3.05, 3.63) is 34.8 Å². The number of hydrogen-bond acceptors (Lipinski definition) is 2. The second-order valence-electron chi connectivity index (χ2n) is 5.64. The van der Waals surface area contributed by atoms with Crippen LogP contribution in [0.5, 0.6) is 0 Å². The number of piperidine rings is 1. The summed E-state index contributed by atoms with van der Waals surface area (Å²) in [7, 11) is 0. The fraction of sp³-hybridized carbons (Fsp3) is 0.429. The maximum atomic E-state index is 12.1. The molecule has 0 unspecified atom stereocenters. The minimum atomic E-state index is -0.0420. The lowest BCUT2D eigenvalue weighted by Gasteiger charge is -2.26. The van der Waals surface area contributed by atoms with Crippen LogP contribution in [0, 0.1) is 12.8 Å². The zero-order chi connectivity index (χ0) is 12.7. The maximum Gasteiger partial charge on any atom is 0.223 e. The van der Waals surface area contributed by atoms with Gasteiger partial charge in [0.25, 0.3) is 0 Å². The number of amides is 1. The molecule has 1 spiro atoms. The molecule has 1 amide bonds. The van der Waals surface area contributed by atoms with Crippen molar-refractivity contribution in [2.24, 2.45) is 5.92 Å². The fourth-order valence-corrected chi connectivity index (χ4v) is 3.73. The van der Waals surface area contributed by atoms with Crippen molar-refractivity contribution < 1.29 is 9.59 Å². The molecule has 4 nitrogen and oxygen atoms in total. The van der Waals surface area contributed by atoms with Gasteiger partial charge in [-0.1, -0.05) is 0 Å². The lowest BCUT2D eigenvalue weighted by molar-refractivity contribution is -0.126. The van der Waals surface area contributed by atoms with E-state index in [0.717, 1.165) is 35.6 Å². The van der Waals surface area contributed by atoms with Gasteiger partial charge in [0.1, 0.15) is 0 Å². The number of aromatic amines is 1. The van der Waals surface area contributed by atoms with Gasteiger partial charge in [-0.25, -0.2) is 0 Å². The van der Waals surface area contributed by atoms with Gasteiger partial charge in [0, 0.05) is 36.4 Å². The summed E-state index contributed by atoms with van der Waals surface area (Å²) in [5, 5.41) is 0. The molecular weight excluding hydrogens is 228 g/mol. The van der Waals surface area contributed by atoms with Crippen LogP contribution in [0.4, 0.5) is 0 Å². The Labute approximate surface area is 105 Å². The normalized spacial score (nSPS) is 31.7. The molecule has 1 aromatic rings. The second kappa shape index (κ2) is 2.76.